The number of aromatic hydroxyl groups is 1. The first-order valence-electron chi connectivity index (χ1n) is 9.47. The summed E-state index contributed by atoms with van der Waals surface area (Å²) in [5.41, 5.74) is 0.515. The molecule has 2 aliphatic rings. The minimum atomic E-state index is -1.43. The van der Waals surface area contributed by atoms with Crippen LogP contribution in [0.3, 0.4) is 0 Å². The molecule has 1 fully saturated rings. The highest BCUT2D eigenvalue weighted by molar-refractivity contribution is 8.00. The van der Waals surface area contributed by atoms with Crippen molar-refractivity contribution in [2.75, 3.05) is 0 Å². The van der Waals surface area contributed by atoms with Crippen molar-refractivity contribution < 1.29 is 29.8 Å². The fraction of sp³-hybridized carbons (Fsp3) is 0.190. The second kappa shape index (κ2) is 8.35. The van der Waals surface area contributed by atoms with E-state index in [9.17, 15) is 35.0 Å². The first-order valence-corrected chi connectivity index (χ1v) is 10.4. The molecular formula is C21H17N3O7S. The molecule has 4 rings (SSSR count). The molecule has 0 bridgehead atoms. The maximum absolute atomic E-state index is 12.6. The van der Waals surface area contributed by atoms with Gasteiger partial charge in [-0.05, 0) is 24.1 Å². The molecule has 1 amide bonds. The van der Waals surface area contributed by atoms with E-state index in [-0.39, 0.29) is 17.9 Å². The average Bonchev–Trinajstić information content (AvgIpc) is 2.76. The number of aliphatic imine (C=N–C) groups is 1. The van der Waals surface area contributed by atoms with Crippen molar-refractivity contribution >= 4 is 35.5 Å². The van der Waals surface area contributed by atoms with Gasteiger partial charge in [-0.25, -0.2) is 4.79 Å². The van der Waals surface area contributed by atoms with E-state index in [0.29, 0.717) is 11.1 Å². The summed E-state index contributed by atoms with van der Waals surface area (Å²) >= 11 is 1.19. The summed E-state index contributed by atoms with van der Waals surface area (Å²) in [5, 5.41) is 39.5. The lowest BCUT2D eigenvalue weighted by molar-refractivity contribution is -0.384. The third-order valence-electron chi connectivity index (χ3n) is 5.19. The molecule has 11 heteroatoms. The molecule has 2 aromatic carbocycles. The van der Waals surface area contributed by atoms with Gasteiger partial charge in [-0.2, -0.15) is 0 Å². The molecule has 0 aliphatic carbocycles. The van der Waals surface area contributed by atoms with Gasteiger partial charge in [-0.15, -0.1) is 11.8 Å². The van der Waals surface area contributed by atoms with Crippen molar-refractivity contribution in [2.45, 2.75) is 23.1 Å². The first-order chi connectivity index (χ1) is 15.3. The predicted octanol–water partition coefficient (Wildman–Crippen LogP) is 2.47. The molecule has 0 aromatic heterocycles. The van der Waals surface area contributed by atoms with Crippen molar-refractivity contribution in [2.24, 2.45) is 4.99 Å². The van der Waals surface area contributed by atoms with Crippen LogP contribution >= 0.6 is 11.8 Å². The minimum absolute atomic E-state index is 0.00371. The SMILES string of the molecule is O=C(O)C1=C(O)C(Cc2ccc([N+](=O)[O-])cc2)S[C@@H]2C(N=Cc3ccccc3O)C(=O)N12. The Labute approximate surface area is 185 Å². The Morgan fingerprint density at radius 1 is 1.19 bits per heavy atom. The number of carboxylic acids is 1. The number of phenolic OH excluding ortho intramolecular Hbond substituents is 1. The number of carboxylic acid groups (broad SMARTS) is 1. The lowest BCUT2D eigenvalue weighted by Gasteiger charge is -2.48. The molecule has 2 aromatic rings. The number of hydrogen-bond donors (Lipinski definition) is 3. The van der Waals surface area contributed by atoms with E-state index >= 15 is 0 Å². The third-order valence-corrected chi connectivity index (χ3v) is 6.65. The standard InChI is InChI=1S/C21H17N3O7S/c25-14-4-2-1-3-12(14)10-22-16-19(27)23-17(21(28)29)18(26)15(32-20(16)23)9-11-5-7-13(8-6-11)24(30)31/h1-8,10,15-16,20,25-26H,9H2,(H,28,29)/t15?,16?,20-/m1/s1. The van der Waals surface area contributed by atoms with Crippen LogP contribution in [-0.4, -0.2) is 59.9 Å². The quantitative estimate of drug-likeness (QED) is 0.260. The van der Waals surface area contributed by atoms with Crippen LogP contribution in [0.25, 0.3) is 0 Å². The molecule has 2 heterocycles. The molecular weight excluding hydrogens is 438 g/mol. The van der Waals surface area contributed by atoms with Crippen LogP contribution < -0.4 is 0 Å². The number of aliphatic hydroxyl groups is 1. The number of rotatable bonds is 6. The number of nitro benzene ring substituents is 1. The van der Waals surface area contributed by atoms with Gasteiger partial charge in [-0.1, -0.05) is 24.3 Å². The summed E-state index contributed by atoms with van der Waals surface area (Å²) in [4.78, 5) is 39.9. The van der Waals surface area contributed by atoms with E-state index in [1.165, 1.54) is 36.2 Å². The van der Waals surface area contributed by atoms with Gasteiger partial charge in [0.05, 0.1) is 10.2 Å². The maximum Gasteiger partial charge on any atom is 0.356 e. The predicted molar refractivity (Wildman–Crippen MR) is 116 cm³/mol. The van der Waals surface area contributed by atoms with Crippen molar-refractivity contribution in [1.82, 2.24) is 4.90 Å². The number of aliphatic hydroxyl groups excluding tert-OH is 1. The van der Waals surface area contributed by atoms with Crippen LogP contribution in [0.1, 0.15) is 11.1 Å². The Hall–Kier alpha value is -3.86. The van der Waals surface area contributed by atoms with E-state index in [1.807, 2.05) is 0 Å². The summed E-state index contributed by atoms with van der Waals surface area (Å²) in [6.45, 7) is 0. The van der Waals surface area contributed by atoms with E-state index in [4.69, 9.17) is 0 Å². The summed E-state index contributed by atoms with van der Waals surface area (Å²) in [6, 6.07) is 11.3. The number of carbonyl (C=O) groups is 2. The van der Waals surface area contributed by atoms with Gasteiger partial charge in [-0.3, -0.25) is 24.8 Å². The number of β-lactam (4-membered cyclic amide) rings is 1. The number of aliphatic carboxylic acids is 1. The topological polar surface area (TPSA) is 154 Å². The molecule has 32 heavy (non-hydrogen) atoms. The molecule has 3 N–H and O–H groups in total. The second-order valence-corrected chi connectivity index (χ2v) is 8.50. The number of carbonyl (C=O) groups excluding carboxylic acids is 1. The van der Waals surface area contributed by atoms with E-state index in [0.717, 1.165) is 4.90 Å². The second-order valence-electron chi connectivity index (χ2n) is 7.17. The maximum atomic E-state index is 12.6. The zero-order valence-corrected chi connectivity index (χ0v) is 17.2. The number of phenols is 1. The monoisotopic (exact) mass is 455 g/mol. The number of nitrogens with zero attached hydrogens (tertiary/aromatic N) is 3. The number of para-hydroxylation sites is 1. The lowest BCUT2D eigenvalue weighted by atomic mass is 10.0. The molecule has 10 nitrogen and oxygen atoms in total. The van der Waals surface area contributed by atoms with Crippen molar-refractivity contribution in [3.63, 3.8) is 0 Å². The van der Waals surface area contributed by atoms with Gasteiger partial charge in [0.2, 0.25) is 0 Å². The van der Waals surface area contributed by atoms with Gasteiger partial charge < -0.3 is 15.3 Å². The highest BCUT2D eigenvalue weighted by Gasteiger charge is 2.56. The van der Waals surface area contributed by atoms with Gasteiger partial charge in [0.25, 0.3) is 11.6 Å². The molecule has 2 unspecified atom stereocenters. The number of amides is 1. The fourth-order valence-corrected chi connectivity index (χ4v) is 5.08. The fourth-order valence-electron chi connectivity index (χ4n) is 3.55. The number of fused-ring (bicyclic) bond motifs is 1. The van der Waals surface area contributed by atoms with Crippen LogP contribution in [0.15, 0.2) is 65.0 Å². The molecule has 0 spiro atoms. The molecule has 1 saturated heterocycles. The highest BCUT2D eigenvalue weighted by atomic mass is 32.2. The minimum Gasteiger partial charge on any atom is -0.509 e. The molecule has 0 saturated carbocycles. The van der Waals surface area contributed by atoms with Crippen molar-refractivity contribution in [3.8, 4) is 5.75 Å². The largest absolute Gasteiger partial charge is 0.509 e. The van der Waals surface area contributed by atoms with Crippen molar-refractivity contribution in [1.29, 1.82) is 0 Å². The Morgan fingerprint density at radius 2 is 1.88 bits per heavy atom. The van der Waals surface area contributed by atoms with Crippen molar-refractivity contribution in [3.05, 3.63) is 81.2 Å². The number of nitro groups is 1. The Kier molecular flexibility index (Phi) is 5.57. The van der Waals surface area contributed by atoms with Crippen LogP contribution in [-0.2, 0) is 16.0 Å². The third kappa shape index (κ3) is 3.78. The molecule has 3 atom stereocenters. The lowest BCUT2D eigenvalue weighted by Crippen LogP contribution is -2.65. The van der Waals surface area contributed by atoms with Gasteiger partial charge >= 0.3 is 5.97 Å². The number of non-ortho nitro benzene ring substituents is 1. The number of hydrogen-bond acceptors (Lipinski definition) is 8. The Morgan fingerprint density at radius 3 is 2.50 bits per heavy atom. The van der Waals surface area contributed by atoms with E-state index < -0.39 is 44.9 Å². The van der Waals surface area contributed by atoms with E-state index in [1.54, 1.807) is 30.3 Å². The zero-order chi connectivity index (χ0) is 23.0. The summed E-state index contributed by atoms with van der Waals surface area (Å²) < 4.78 is 0. The summed E-state index contributed by atoms with van der Waals surface area (Å²) in [5.74, 6) is -2.44. The Bertz CT molecular complexity index is 1160. The van der Waals surface area contributed by atoms with Crippen LogP contribution in [0.5, 0.6) is 5.75 Å². The zero-order valence-electron chi connectivity index (χ0n) is 16.4. The van der Waals surface area contributed by atoms with Crippen LogP contribution in [0.4, 0.5) is 5.69 Å². The molecule has 0 radical (unpaired) electrons. The highest BCUT2D eigenvalue weighted by Crippen LogP contribution is 2.45. The van der Waals surface area contributed by atoms with Gasteiger partial charge in [0.1, 0.15) is 16.9 Å². The first kappa shape index (κ1) is 21.4. The molecule has 2 aliphatic heterocycles. The normalized spacial score (nSPS) is 22.6. The van der Waals surface area contributed by atoms with Gasteiger partial charge in [0.15, 0.2) is 11.7 Å². The molecule has 164 valence electrons. The Balaban J connectivity index is 1.59. The summed E-state index contributed by atoms with van der Waals surface area (Å²) in [7, 11) is 0. The van der Waals surface area contributed by atoms with Crippen LogP contribution in [0, 0.1) is 10.1 Å². The number of thioether (sulfide) groups is 1. The van der Waals surface area contributed by atoms with Crippen LogP contribution in [0.2, 0.25) is 0 Å². The number of benzene rings is 2. The average molecular weight is 455 g/mol. The van der Waals surface area contributed by atoms with E-state index in [2.05, 4.69) is 4.99 Å². The smallest absolute Gasteiger partial charge is 0.356 e. The van der Waals surface area contributed by atoms with Gasteiger partial charge in [0, 0.05) is 23.9 Å². The summed E-state index contributed by atoms with van der Waals surface area (Å²) in [6.07, 6.45) is 1.57.